The highest BCUT2D eigenvalue weighted by Crippen LogP contribution is 2.18. The molecule has 4 nitrogen and oxygen atoms in total. The zero-order valence-corrected chi connectivity index (χ0v) is 12.6. The molecule has 18 heavy (non-hydrogen) atoms. The van der Waals surface area contributed by atoms with E-state index < -0.39 is 5.60 Å². The summed E-state index contributed by atoms with van der Waals surface area (Å²) in [5, 5.41) is 4.33. The maximum absolute atomic E-state index is 11.5. The molecule has 0 aliphatic carbocycles. The van der Waals surface area contributed by atoms with Crippen molar-refractivity contribution in [2.75, 3.05) is 6.54 Å². The highest BCUT2D eigenvalue weighted by atomic mass is 32.1. The minimum Gasteiger partial charge on any atom is -0.460 e. The Bertz CT molecular complexity index is 396. The average Bonchev–Trinajstić information content (AvgIpc) is 2.62. The number of carbonyl (C=O) groups is 1. The molecule has 0 bridgehead atoms. The molecule has 1 N–H and O–H groups in total. The molecule has 1 aromatic heterocycles. The van der Waals surface area contributed by atoms with Crippen LogP contribution in [0.3, 0.4) is 0 Å². The highest BCUT2D eigenvalue weighted by Gasteiger charge is 2.16. The van der Waals surface area contributed by atoms with Gasteiger partial charge in [-0.1, -0.05) is 0 Å². The van der Waals surface area contributed by atoms with Crippen LogP contribution in [0.5, 0.6) is 0 Å². The Kier molecular flexibility index (Phi) is 5.28. The van der Waals surface area contributed by atoms with Crippen molar-refractivity contribution in [1.82, 2.24) is 10.3 Å². The number of hydrogen-bond donors (Lipinski definition) is 1. The van der Waals surface area contributed by atoms with E-state index in [2.05, 4.69) is 10.3 Å². The lowest BCUT2D eigenvalue weighted by atomic mass is 10.2. The predicted molar refractivity (Wildman–Crippen MR) is 73.7 cm³/mol. The van der Waals surface area contributed by atoms with E-state index >= 15 is 0 Å². The van der Waals surface area contributed by atoms with Crippen LogP contribution in [-0.4, -0.2) is 23.1 Å². The number of nitrogens with one attached hydrogen (secondary N) is 1. The van der Waals surface area contributed by atoms with Crippen molar-refractivity contribution >= 4 is 17.3 Å². The number of aryl methyl sites for hydroxylation is 1. The normalized spacial score (nSPS) is 13.4. The molecule has 0 amide bonds. The van der Waals surface area contributed by atoms with Crippen LogP contribution < -0.4 is 5.32 Å². The lowest BCUT2D eigenvalue weighted by molar-refractivity contribution is -0.154. The van der Waals surface area contributed by atoms with E-state index in [-0.39, 0.29) is 12.0 Å². The minimum atomic E-state index is -0.408. The van der Waals surface area contributed by atoms with Gasteiger partial charge in [0.15, 0.2) is 0 Å². The zero-order valence-electron chi connectivity index (χ0n) is 11.7. The second-order valence-electron chi connectivity index (χ2n) is 5.32. The number of carbonyl (C=O) groups excluding carboxylic acids is 1. The smallest absolute Gasteiger partial charge is 0.307 e. The van der Waals surface area contributed by atoms with Gasteiger partial charge in [-0.15, -0.1) is 11.3 Å². The number of rotatable bonds is 5. The maximum Gasteiger partial charge on any atom is 0.307 e. The Balaban J connectivity index is 2.27. The summed E-state index contributed by atoms with van der Waals surface area (Å²) in [6.45, 7) is 10.3. The molecule has 1 aromatic rings. The van der Waals surface area contributed by atoms with Gasteiger partial charge >= 0.3 is 5.97 Å². The van der Waals surface area contributed by atoms with E-state index in [1.807, 2.05) is 40.8 Å². The fourth-order valence-electron chi connectivity index (χ4n) is 1.44. The molecule has 0 saturated heterocycles. The summed E-state index contributed by atoms with van der Waals surface area (Å²) >= 11 is 1.67. The van der Waals surface area contributed by atoms with Gasteiger partial charge in [0.2, 0.25) is 0 Å². The zero-order chi connectivity index (χ0) is 13.8. The number of esters is 1. The van der Waals surface area contributed by atoms with Gasteiger partial charge in [0.25, 0.3) is 0 Å². The summed E-state index contributed by atoms with van der Waals surface area (Å²) in [6.07, 6.45) is 2.25. The number of thiazole rings is 1. The summed E-state index contributed by atoms with van der Waals surface area (Å²) in [4.78, 5) is 17.0. The van der Waals surface area contributed by atoms with E-state index in [0.29, 0.717) is 13.0 Å². The Morgan fingerprint density at radius 2 is 2.22 bits per heavy atom. The van der Waals surface area contributed by atoms with Gasteiger partial charge < -0.3 is 10.1 Å². The second-order valence-corrected chi connectivity index (χ2v) is 6.59. The van der Waals surface area contributed by atoms with Crippen molar-refractivity contribution in [2.24, 2.45) is 0 Å². The van der Waals surface area contributed by atoms with Crippen LogP contribution in [0, 0.1) is 6.92 Å². The van der Waals surface area contributed by atoms with Crippen LogP contribution in [0.2, 0.25) is 0 Å². The molecule has 0 aliphatic rings. The summed E-state index contributed by atoms with van der Waals surface area (Å²) in [5.41, 5.74) is -0.408. The van der Waals surface area contributed by atoms with Crippen molar-refractivity contribution in [3.8, 4) is 0 Å². The van der Waals surface area contributed by atoms with Crippen molar-refractivity contribution < 1.29 is 9.53 Å². The molecule has 0 spiro atoms. The number of aromatic nitrogens is 1. The van der Waals surface area contributed by atoms with E-state index in [1.54, 1.807) is 11.3 Å². The first-order chi connectivity index (χ1) is 8.28. The lowest BCUT2D eigenvalue weighted by Crippen LogP contribution is -2.27. The Hall–Kier alpha value is -0.940. The van der Waals surface area contributed by atoms with Gasteiger partial charge in [0, 0.05) is 17.6 Å². The molecular weight excluding hydrogens is 248 g/mol. The van der Waals surface area contributed by atoms with Crippen molar-refractivity contribution in [3.05, 3.63) is 16.1 Å². The van der Waals surface area contributed by atoms with Gasteiger partial charge in [-0.25, -0.2) is 4.98 Å². The first-order valence-electron chi connectivity index (χ1n) is 6.15. The van der Waals surface area contributed by atoms with Gasteiger partial charge in [0.05, 0.1) is 12.5 Å². The molecule has 0 saturated carbocycles. The van der Waals surface area contributed by atoms with Crippen molar-refractivity contribution in [1.29, 1.82) is 0 Å². The van der Waals surface area contributed by atoms with Gasteiger partial charge in [-0.3, -0.25) is 4.79 Å². The number of nitrogens with zero attached hydrogens (tertiary/aromatic N) is 1. The largest absolute Gasteiger partial charge is 0.460 e. The first-order valence-corrected chi connectivity index (χ1v) is 6.97. The van der Waals surface area contributed by atoms with Gasteiger partial charge in [0.1, 0.15) is 10.6 Å². The molecular formula is C13H22N2O2S. The van der Waals surface area contributed by atoms with Crippen LogP contribution in [0.15, 0.2) is 6.20 Å². The number of hydrogen-bond acceptors (Lipinski definition) is 5. The summed E-state index contributed by atoms with van der Waals surface area (Å²) in [7, 11) is 0. The topological polar surface area (TPSA) is 51.2 Å². The third-order valence-electron chi connectivity index (χ3n) is 2.21. The molecule has 0 fully saturated rings. The molecule has 1 unspecified atom stereocenters. The molecule has 1 rings (SSSR count). The van der Waals surface area contributed by atoms with Crippen LogP contribution in [0.25, 0.3) is 0 Å². The number of ether oxygens (including phenoxy) is 1. The van der Waals surface area contributed by atoms with Crippen LogP contribution in [0.1, 0.15) is 50.0 Å². The van der Waals surface area contributed by atoms with E-state index in [9.17, 15) is 4.79 Å². The predicted octanol–water partition coefficient (Wildman–Crippen LogP) is 2.83. The Morgan fingerprint density at radius 1 is 1.56 bits per heavy atom. The third-order valence-corrected chi connectivity index (χ3v) is 3.30. The fourth-order valence-corrected chi connectivity index (χ4v) is 2.24. The molecule has 0 aliphatic heterocycles. The van der Waals surface area contributed by atoms with Crippen LogP contribution in [-0.2, 0) is 9.53 Å². The Labute approximate surface area is 113 Å². The average molecular weight is 270 g/mol. The molecule has 1 atom stereocenters. The monoisotopic (exact) mass is 270 g/mol. The van der Waals surface area contributed by atoms with Crippen molar-refractivity contribution in [2.45, 2.75) is 52.7 Å². The second kappa shape index (κ2) is 6.29. The first kappa shape index (κ1) is 15.1. The van der Waals surface area contributed by atoms with E-state index in [1.165, 1.54) is 4.88 Å². The SMILES string of the molecule is Cc1cnc(C(C)NCCC(=O)OC(C)(C)C)s1. The molecule has 1 heterocycles. The molecule has 102 valence electrons. The van der Waals surface area contributed by atoms with Crippen LogP contribution in [0.4, 0.5) is 0 Å². The summed E-state index contributed by atoms with van der Waals surface area (Å²) in [5.74, 6) is -0.169. The summed E-state index contributed by atoms with van der Waals surface area (Å²) < 4.78 is 5.24. The standard InChI is InChI=1S/C13H22N2O2S/c1-9-8-15-12(18-9)10(2)14-7-6-11(16)17-13(3,4)5/h8,10,14H,6-7H2,1-5H3. The quantitative estimate of drug-likeness (QED) is 0.836. The molecule has 0 aromatic carbocycles. The molecule has 5 heteroatoms. The van der Waals surface area contributed by atoms with Gasteiger partial charge in [-0.05, 0) is 34.6 Å². The van der Waals surface area contributed by atoms with Gasteiger partial charge in [-0.2, -0.15) is 0 Å². The fraction of sp³-hybridized carbons (Fsp3) is 0.692. The minimum absolute atomic E-state index is 0.169. The maximum atomic E-state index is 11.5. The van der Waals surface area contributed by atoms with Crippen molar-refractivity contribution in [3.63, 3.8) is 0 Å². The summed E-state index contributed by atoms with van der Waals surface area (Å²) in [6, 6.07) is 0.172. The Morgan fingerprint density at radius 3 is 2.72 bits per heavy atom. The van der Waals surface area contributed by atoms with E-state index in [4.69, 9.17) is 4.74 Å². The van der Waals surface area contributed by atoms with E-state index in [0.717, 1.165) is 5.01 Å². The highest BCUT2D eigenvalue weighted by molar-refractivity contribution is 7.11. The third kappa shape index (κ3) is 5.60. The lowest BCUT2D eigenvalue weighted by Gasteiger charge is -2.19. The van der Waals surface area contributed by atoms with Crippen LogP contribution >= 0.6 is 11.3 Å². The molecule has 0 radical (unpaired) electrons.